The largest absolute Gasteiger partial charge is 0.290 e. The maximum absolute atomic E-state index is 8.83. The molecule has 1 heterocycles. The predicted molar refractivity (Wildman–Crippen MR) is 60.2 cm³/mol. The van der Waals surface area contributed by atoms with E-state index >= 15 is 0 Å². The Balaban J connectivity index is 2.29. The Morgan fingerprint density at radius 3 is 2.47 bits per heavy atom. The quantitative estimate of drug-likeness (QED) is 0.643. The molecule has 15 heavy (non-hydrogen) atoms. The first-order valence-corrected chi connectivity index (χ1v) is 5.27. The van der Waals surface area contributed by atoms with E-state index in [4.69, 9.17) is 5.26 Å². The highest BCUT2D eigenvalue weighted by atomic mass is 15.2. The number of nitrogens with zero attached hydrogens (tertiary/aromatic N) is 2. The van der Waals surface area contributed by atoms with Gasteiger partial charge in [-0.15, -0.1) is 0 Å². The molecule has 0 bridgehead atoms. The van der Waals surface area contributed by atoms with Gasteiger partial charge in [-0.05, 0) is 44.0 Å². The van der Waals surface area contributed by atoms with Crippen LogP contribution in [-0.2, 0) is 13.1 Å². The maximum atomic E-state index is 8.83. The average molecular weight is 200 g/mol. The number of fused-ring (bicyclic) bond motifs is 1. The van der Waals surface area contributed by atoms with Crippen molar-refractivity contribution in [2.24, 2.45) is 0 Å². The molecule has 0 unspecified atom stereocenters. The van der Waals surface area contributed by atoms with Crippen LogP contribution < -0.4 is 0 Å². The first-order valence-electron chi connectivity index (χ1n) is 5.27. The summed E-state index contributed by atoms with van der Waals surface area (Å²) >= 11 is 0. The van der Waals surface area contributed by atoms with Crippen LogP contribution in [0.4, 0.5) is 0 Å². The third-order valence-corrected chi connectivity index (χ3v) is 3.01. The highest BCUT2D eigenvalue weighted by Gasteiger charge is 2.27. The average Bonchev–Trinajstić information content (AvgIpc) is 2.59. The summed E-state index contributed by atoms with van der Waals surface area (Å²) in [6.45, 7) is 8.65. The van der Waals surface area contributed by atoms with Crippen LogP contribution in [0.15, 0.2) is 18.2 Å². The Hall–Kier alpha value is -1.33. The Kier molecular flexibility index (Phi) is 2.28. The zero-order valence-electron chi connectivity index (χ0n) is 9.54. The number of rotatable bonds is 0. The SMILES string of the molecule is CC(C)(C)N1Cc2ccc(C#N)cc2C1. The zero-order valence-corrected chi connectivity index (χ0v) is 9.54. The van der Waals surface area contributed by atoms with Gasteiger partial charge in [0.2, 0.25) is 0 Å². The number of hydrogen-bond donors (Lipinski definition) is 0. The van der Waals surface area contributed by atoms with E-state index in [1.165, 1.54) is 11.1 Å². The molecule has 0 aliphatic carbocycles. The van der Waals surface area contributed by atoms with Crippen LogP contribution in [0.3, 0.4) is 0 Å². The molecule has 1 aliphatic rings. The van der Waals surface area contributed by atoms with Crippen molar-refractivity contribution in [2.75, 3.05) is 0 Å². The first kappa shape index (κ1) is 10.2. The summed E-state index contributed by atoms with van der Waals surface area (Å²) < 4.78 is 0. The molecular weight excluding hydrogens is 184 g/mol. The van der Waals surface area contributed by atoms with Crippen molar-refractivity contribution in [1.82, 2.24) is 4.90 Å². The van der Waals surface area contributed by atoms with Crippen molar-refractivity contribution in [1.29, 1.82) is 5.26 Å². The fraction of sp³-hybridized carbons (Fsp3) is 0.462. The minimum absolute atomic E-state index is 0.200. The minimum Gasteiger partial charge on any atom is -0.290 e. The molecule has 2 nitrogen and oxygen atoms in total. The van der Waals surface area contributed by atoms with Gasteiger partial charge in [-0.1, -0.05) is 6.07 Å². The topological polar surface area (TPSA) is 27.0 Å². The third-order valence-electron chi connectivity index (χ3n) is 3.01. The van der Waals surface area contributed by atoms with Crippen LogP contribution in [-0.4, -0.2) is 10.4 Å². The van der Waals surface area contributed by atoms with Crippen molar-refractivity contribution in [3.63, 3.8) is 0 Å². The molecule has 0 amide bonds. The van der Waals surface area contributed by atoms with Gasteiger partial charge in [0.25, 0.3) is 0 Å². The Morgan fingerprint density at radius 1 is 1.20 bits per heavy atom. The van der Waals surface area contributed by atoms with E-state index in [1.807, 2.05) is 12.1 Å². The summed E-state index contributed by atoms with van der Waals surface area (Å²) in [5, 5.41) is 8.83. The monoisotopic (exact) mass is 200 g/mol. The van der Waals surface area contributed by atoms with Crippen LogP contribution in [0, 0.1) is 11.3 Å². The summed E-state index contributed by atoms with van der Waals surface area (Å²) in [4.78, 5) is 2.43. The van der Waals surface area contributed by atoms with E-state index in [2.05, 4.69) is 37.8 Å². The molecule has 0 saturated carbocycles. The van der Waals surface area contributed by atoms with Crippen LogP contribution in [0.25, 0.3) is 0 Å². The van der Waals surface area contributed by atoms with E-state index in [1.54, 1.807) is 0 Å². The van der Waals surface area contributed by atoms with Gasteiger partial charge in [-0.3, -0.25) is 4.90 Å². The van der Waals surface area contributed by atoms with Gasteiger partial charge in [-0.25, -0.2) is 0 Å². The molecule has 2 heteroatoms. The van der Waals surface area contributed by atoms with Crippen molar-refractivity contribution in [3.05, 3.63) is 34.9 Å². The molecule has 0 radical (unpaired) electrons. The standard InChI is InChI=1S/C13H16N2/c1-13(2,3)15-8-11-5-4-10(7-14)6-12(11)9-15/h4-6H,8-9H2,1-3H3. The second kappa shape index (κ2) is 3.36. The van der Waals surface area contributed by atoms with Crippen LogP contribution in [0.5, 0.6) is 0 Å². The van der Waals surface area contributed by atoms with Crippen molar-refractivity contribution >= 4 is 0 Å². The molecule has 2 rings (SSSR count). The molecule has 0 aromatic heterocycles. The van der Waals surface area contributed by atoms with Crippen molar-refractivity contribution in [2.45, 2.75) is 39.4 Å². The molecule has 0 spiro atoms. The first-order chi connectivity index (χ1) is 7.00. The number of benzene rings is 1. The highest BCUT2D eigenvalue weighted by molar-refractivity contribution is 5.40. The maximum Gasteiger partial charge on any atom is 0.0991 e. The van der Waals surface area contributed by atoms with Gasteiger partial charge in [0.15, 0.2) is 0 Å². The molecular formula is C13H16N2. The van der Waals surface area contributed by atoms with E-state index in [-0.39, 0.29) is 5.54 Å². The molecule has 0 N–H and O–H groups in total. The van der Waals surface area contributed by atoms with Gasteiger partial charge in [-0.2, -0.15) is 5.26 Å². The second-order valence-corrected chi connectivity index (χ2v) is 5.12. The highest BCUT2D eigenvalue weighted by Crippen LogP contribution is 2.29. The smallest absolute Gasteiger partial charge is 0.0991 e. The van der Waals surface area contributed by atoms with E-state index in [0.29, 0.717) is 0 Å². The number of nitriles is 1. The molecule has 0 saturated heterocycles. The van der Waals surface area contributed by atoms with Crippen molar-refractivity contribution in [3.8, 4) is 6.07 Å². The van der Waals surface area contributed by atoms with Crippen LogP contribution in [0.2, 0.25) is 0 Å². The van der Waals surface area contributed by atoms with Crippen LogP contribution >= 0.6 is 0 Å². The fourth-order valence-corrected chi connectivity index (χ4v) is 1.94. The lowest BCUT2D eigenvalue weighted by atomic mass is 10.1. The van der Waals surface area contributed by atoms with Gasteiger partial charge < -0.3 is 0 Å². The van der Waals surface area contributed by atoms with Gasteiger partial charge in [0.05, 0.1) is 11.6 Å². The van der Waals surface area contributed by atoms with E-state index < -0.39 is 0 Å². The summed E-state index contributed by atoms with van der Waals surface area (Å²) in [6.07, 6.45) is 0. The molecule has 0 fully saturated rings. The van der Waals surface area contributed by atoms with Crippen LogP contribution in [0.1, 0.15) is 37.5 Å². The molecule has 1 aromatic carbocycles. The minimum atomic E-state index is 0.200. The third kappa shape index (κ3) is 1.88. The summed E-state index contributed by atoms with van der Waals surface area (Å²) in [5.74, 6) is 0. The summed E-state index contributed by atoms with van der Waals surface area (Å²) in [6, 6.07) is 8.20. The predicted octanol–water partition coefficient (Wildman–Crippen LogP) is 2.67. The van der Waals surface area contributed by atoms with E-state index in [9.17, 15) is 0 Å². The molecule has 0 atom stereocenters. The lowest BCUT2D eigenvalue weighted by Gasteiger charge is -2.31. The molecule has 1 aromatic rings. The van der Waals surface area contributed by atoms with E-state index in [0.717, 1.165) is 18.7 Å². The lowest BCUT2D eigenvalue weighted by Crippen LogP contribution is -2.36. The zero-order chi connectivity index (χ0) is 11.1. The van der Waals surface area contributed by atoms with Gasteiger partial charge in [0.1, 0.15) is 0 Å². The Morgan fingerprint density at radius 2 is 1.87 bits per heavy atom. The second-order valence-electron chi connectivity index (χ2n) is 5.12. The molecule has 78 valence electrons. The summed E-state index contributed by atoms with van der Waals surface area (Å²) in [5.41, 5.74) is 3.64. The van der Waals surface area contributed by atoms with Gasteiger partial charge in [0, 0.05) is 18.6 Å². The van der Waals surface area contributed by atoms with Gasteiger partial charge >= 0.3 is 0 Å². The molecule has 1 aliphatic heterocycles. The van der Waals surface area contributed by atoms with Crippen molar-refractivity contribution < 1.29 is 0 Å². The number of hydrogen-bond acceptors (Lipinski definition) is 2. The Labute approximate surface area is 91.1 Å². The summed E-state index contributed by atoms with van der Waals surface area (Å²) in [7, 11) is 0. The fourth-order valence-electron chi connectivity index (χ4n) is 1.94. The lowest BCUT2D eigenvalue weighted by molar-refractivity contribution is 0.136. The normalized spacial score (nSPS) is 16.1. The Bertz CT molecular complexity index is 421.